The summed E-state index contributed by atoms with van der Waals surface area (Å²) < 4.78 is 6.11. The van der Waals surface area contributed by atoms with Gasteiger partial charge in [0, 0.05) is 28.6 Å². The molecule has 2 aromatic carbocycles. The third-order valence-electron chi connectivity index (χ3n) is 3.61. The van der Waals surface area contributed by atoms with Crippen molar-refractivity contribution in [3.63, 3.8) is 0 Å². The summed E-state index contributed by atoms with van der Waals surface area (Å²) in [5.41, 5.74) is 2.27. The molecule has 2 unspecified atom stereocenters. The Kier molecular flexibility index (Phi) is 3.45. The number of hydrogen-bond acceptors (Lipinski definition) is 2. The molecule has 0 spiro atoms. The van der Waals surface area contributed by atoms with E-state index in [4.69, 9.17) is 16.3 Å². The number of para-hydroxylation sites is 1. The molecule has 0 radical (unpaired) electrons. The van der Waals surface area contributed by atoms with Crippen LogP contribution in [0.15, 0.2) is 48.5 Å². The molecule has 2 nitrogen and oxygen atoms in total. The van der Waals surface area contributed by atoms with Crippen molar-refractivity contribution in [2.24, 2.45) is 0 Å². The minimum absolute atomic E-state index is 0.000972. The lowest BCUT2D eigenvalue weighted by molar-refractivity contribution is 0.154. The zero-order chi connectivity index (χ0) is 13.2. The molecule has 3 rings (SSSR count). The van der Waals surface area contributed by atoms with Crippen molar-refractivity contribution in [1.82, 2.24) is 5.32 Å². The molecule has 0 aliphatic carbocycles. The minimum atomic E-state index is 0.000972. The molecule has 0 fully saturated rings. The third-order valence-corrected chi connectivity index (χ3v) is 3.96. The average Bonchev–Trinajstić information content (AvgIpc) is 2.46. The molecular weight excluding hydrogens is 258 g/mol. The summed E-state index contributed by atoms with van der Waals surface area (Å²) in [6.07, 6.45) is 0.887. The van der Waals surface area contributed by atoms with Crippen LogP contribution in [0, 0.1) is 0 Å². The van der Waals surface area contributed by atoms with E-state index in [0.717, 1.165) is 22.8 Å². The minimum Gasteiger partial charge on any atom is -0.485 e. The Hall–Kier alpha value is -1.51. The van der Waals surface area contributed by atoms with Crippen LogP contribution in [0.1, 0.15) is 29.7 Å². The SMILES string of the molecule is CNC1CC(c2ccccc2Cl)Oc2ccccc21. The second-order valence-electron chi connectivity index (χ2n) is 4.74. The molecule has 2 aromatic rings. The van der Waals surface area contributed by atoms with E-state index in [2.05, 4.69) is 11.4 Å². The summed E-state index contributed by atoms with van der Waals surface area (Å²) in [6.45, 7) is 0. The third kappa shape index (κ3) is 2.34. The molecule has 1 aliphatic rings. The van der Waals surface area contributed by atoms with Gasteiger partial charge < -0.3 is 10.1 Å². The number of halogens is 1. The number of nitrogens with one attached hydrogen (secondary N) is 1. The highest BCUT2D eigenvalue weighted by Crippen LogP contribution is 2.41. The molecule has 0 aromatic heterocycles. The van der Waals surface area contributed by atoms with Gasteiger partial charge in [-0.2, -0.15) is 0 Å². The Labute approximate surface area is 118 Å². The lowest BCUT2D eigenvalue weighted by Gasteiger charge is -2.32. The first-order valence-electron chi connectivity index (χ1n) is 6.47. The van der Waals surface area contributed by atoms with Crippen molar-refractivity contribution in [3.05, 3.63) is 64.7 Å². The zero-order valence-electron chi connectivity index (χ0n) is 10.8. The van der Waals surface area contributed by atoms with E-state index in [1.165, 1.54) is 5.56 Å². The predicted molar refractivity (Wildman–Crippen MR) is 77.7 cm³/mol. The summed E-state index contributed by atoms with van der Waals surface area (Å²) >= 11 is 6.28. The highest BCUT2D eigenvalue weighted by atomic mass is 35.5. The van der Waals surface area contributed by atoms with Gasteiger partial charge >= 0.3 is 0 Å². The number of hydrogen-bond donors (Lipinski definition) is 1. The Morgan fingerprint density at radius 3 is 2.47 bits per heavy atom. The quantitative estimate of drug-likeness (QED) is 0.888. The number of benzene rings is 2. The van der Waals surface area contributed by atoms with Gasteiger partial charge in [0.15, 0.2) is 0 Å². The van der Waals surface area contributed by atoms with Crippen LogP contribution in [0.5, 0.6) is 5.75 Å². The summed E-state index contributed by atoms with van der Waals surface area (Å²) in [5, 5.41) is 4.12. The number of rotatable bonds is 2. The molecule has 1 heterocycles. The lowest BCUT2D eigenvalue weighted by atomic mass is 9.93. The van der Waals surface area contributed by atoms with E-state index in [1.54, 1.807) is 0 Å². The van der Waals surface area contributed by atoms with Gasteiger partial charge in [-0.15, -0.1) is 0 Å². The van der Waals surface area contributed by atoms with Crippen LogP contribution in [0.3, 0.4) is 0 Å². The Balaban J connectivity index is 1.98. The van der Waals surface area contributed by atoms with Crippen molar-refractivity contribution in [2.45, 2.75) is 18.6 Å². The first-order valence-corrected chi connectivity index (χ1v) is 6.84. The highest BCUT2D eigenvalue weighted by Gasteiger charge is 2.29. The average molecular weight is 274 g/mol. The van der Waals surface area contributed by atoms with Crippen LogP contribution in [0.2, 0.25) is 5.02 Å². The maximum atomic E-state index is 6.28. The van der Waals surface area contributed by atoms with Gasteiger partial charge in [-0.25, -0.2) is 0 Å². The van der Waals surface area contributed by atoms with Gasteiger partial charge in [-0.1, -0.05) is 48.0 Å². The van der Waals surface area contributed by atoms with Crippen LogP contribution in [-0.2, 0) is 0 Å². The Morgan fingerprint density at radius 1 is 1.05 bits per heavy atom. The highest BCUT2D eigenvalue weighted by molar-refractivity contribution is 6.31. The first-order chi connectivity index (χ1) is 9.29. The number of ether oxygens (including phenoxy) is 1. The van der Waals surface area contributed by atoms with Crippen molar-refractivity contribution in [1.29, 1.82) is 0 Å². The van der Waals surface area contributed by atoms with E-state index in [9.17, 15) is 0 Å². The van der Waals surface area contributed by atoms with Gasteiger partial charge in [0.1, 0.15) is 11.9 Å². The van der Waals surface area contributed by atoms with Crippen LogP contribution in [0.25, 0.3) is 0 Å². The molecule has 0 bridgehead atoms. The van der Waals surface area contributed by atoms with E-state index < -0.39 is 0 Å². The smallest absolute Gasteiger partial charge is 0.127 e. The van der Waals surface area contributed by atoms with E-state index in [1.807, 2.05) is 49.5 Å². The standard InChI is InChI=1S/C16H16ClNO/c1-18-14-10-16(11-6-2-4-8-13(11)17)19-15-9-5-3-7-12(14)15/h2-9,14,16,18H,10H2,1H3. The zero-order valence-corrected chi connectivity index (χ0v) is 11.5. The van der Waals surface area contributed by atoms with E-state index >= 15 is 0 Å². The fourth-order valence-electron chi connectivity index (χ4n) is 2.62. The molecule has 0 saturated carbocycles. The Morgan fingerprint density at radius 2 is 1.74 bits per heavy atom. The molecule has 2 atom stereocenters. The van der Waals surface area contributed by atoms with Crippen LogP contribution >= 0.6 is 11.6 Å². The van der Waals surface area contributed by atoms with Crippen molar-refractivity contribution in [3.8, 4) is 5.75 Å². The van der Waals surface area contributed by atoms with Crippen molar-refractivity contribution >= 4 is 11.6 Å². The van der Waals surface area contributed by atoms with Crippen LogP contribution in [0.4, 0.5) is 0 Å². The molecule has 98 valence electrons. The number of fused-ring (bicyclic) bond motifs is 1. The van der Waals surface area contributed by atoms with Gasteiger partial charge in [0.2, 0.25) is 0 Å². The summed E-state index contributed by atoms with van der Waals surface area (Å²) in [6, 6.07) is 16.4. The van der Waals surface area contributed by atoms with E-state index in [-0.39, 0.29) is 6.10 Å². The largest absolute Gasteiger partial charge is 0.485 e. The summed E-state index contributed by atoms with van der Waals surface area (Å²) in [7, 11) is 1.98. The monoisotopic (exact) mass is 273 g/mol. The van der Waals surface area contributed by atoms with Gasteiger partial charge in [0.25, 0.3) is 0 Å². The maximum absolute atomic E-state index is 6.28. The van der Waals surface area contributed by atoms with Crippen LogP contribution < -0.4 is 10.1 Å². The van der Waals surface area contributed by atoms with Crippen LogP contribution in [-0.4, -0.2) is 7.05 Å². The summed E-state index contributed by atoms with van der Waals surface area (Å²) in [5.74, 6) is 0.943. The fraction of sp³-hybridized carbons (Fsp3) is 0.250. The molecule has 0 amide bonds. The second-order valence-corrected chi connectivity index (χ2v) is 5.15. The Bertz CT molecular complexity index is 584. The summed E-state index contributed by atoms with van der Waals surface area (Å²) in [4.78, 5) is 0. The first kappa shape index (κ1) is 12.5. The molecule has 3 heteroatoms. The molecule has 1 N–H and O–H groups in total. The molecule has 19 heavy (non-hydrogen) atoms. The fourth-order valence-corrected chi connectivity index (χ4v) is 2.88. The molecular formula is C16H16ClNO. The van der Waals surface area contributed by atoms with Gasteiger partial charge in [-0.05, 0) is 19.2 Å². The van der Waals surface area contributed by atoms with Crippen molar-refractivity contribution in [2.75, 3.05) is 7.05 Å². The van der Waals surface area contributed by atoms with Gasteiger partial charge in [0.05, 0.1) is 0 Å². The molecule has 1 aliphatic heterocycles. The molecule has 0 saturated heterocycles. The van der Waals surface area contributed by atoms with Crippen molar-refractivity contribution < 1.29 is 4.74 Å². The van der Waals surface area contributed by atoms with Gasteiger partial charge in [-0.3, -0.25) is 0 Å². The normalized spacial score (nSPS) is 21.6. The van der Waals surface area contributed by atoms with E-state index in [0.29, 0.717) is 6.04 Å². The maximum Gasteiger partial charge on any atom is 0.127 e. The second kappa shape index (κ2) is 5.24. The predicted octanol–water partition coefficient (Wildman–Crippen LogP) is 4.12. The topological polar surface area (TPSA) is 21.3 Å². The lowest BCUT2D eigenvalue weighted by Crippen LogP contribution is -2.26.